The number of nitrogens with zero attached hydrogens (tertiary/aromatic N) is 1. The quantitative estimate of drug-likeness (QED) is 0.676. The summed E-state index contributed by atoms with van der Waals surface area (Å²) in [6.07, 6.45) is 2.66. The first-order valence-corrected chi connectivity index (χ1v) is 7.62. The van der Waals surface area contributed by atoms with E-state index in [1.165, 1.54) is 5.56 Å². The number of carbonyl (C=O) groups excluding carboxylic acids is 2. The lowest BCUT2D eigenvalue weighted by atomic mass is 10.1. The van der Waals surface area contributed by atoms with Gasteiger partial charge < -0.3 is 9.88 Å². The number of hydrogen-bond acceptors (Lipinski definition) is 2. The Morgan fingerprint density at radius 2 is 1.87 bits per heavy atom. The lowest BCUT2D eigenvalue weighted by Crippen LogP contribution is -2.22. The number of para-hydroxylation sites is 1. The number of benzene rings is 1. The van der Waals surface area contributed by atoms with E-state index >= 15 is 0 Å². The van der Waals surface area contributed by atoms with Crippen molar-refractivity contribution >= 4 is 18.0 Å². The van der Waals surface area contributed by atoms with Crippen LogP contribution in [0.1, 0.15) is 29.4 Å². The normalized spacial score (nSPS) is 15.9. The number of hydrogen-bond donors (Lipinski definition) is 2. The third kappa shape index (κ3) is 2.65. The number of imide groups is 1. The number of amides is 3. The average molecular weight is 309 g/mol. The summed E-state index contributed by atoms with van der Waals surface area (Å²) in [5.41, 5.74) is 5.72. The number of aryl methyl sites for hydroxylation is 2. The maximum atomic E-state index is 11.7. The molecule has 5 nitrogen and oxygen atoms in total. The minimum absolute atomic E-state index is 0.277. The van der Waals surface area contributed by atoms with Crippen molar-refractivity contribution in [2.45, 2.75) is 27.2 Å². The molecule has 1 aliphatic rings. The summed E-state index contributed by atoms with van der Waals surface area (Å²) in [7, 11) is 0. The minimum atomic E-state index is -0.480. The fourth-order valence-electron chi connectivity index (χ4n) is 2.97. The van der Waals surface area contributed by atoms with Crippen LogP contribution in [-0.2, 0) is 11.2 Å². The number of carbonyl (C=O) groups is 2. The van der Waals surface area contributed by atoms with Crippen molar-refractivity contribution < 1.29 is 9.59 Å². The van der Waals surface area contributed by atoms with Gasteiger partial charge in [-0.05, 0) is 49.6 Å². The molecule has 0 unspecified atom stereocenters. The van der Waals surface area contributed by atoms with Crippen LogP contribution in [0.5, 0.6) is 0 Å². The van der Waals surface area contributed by atoms with Crippen LogP contribution < -0.4 is 10.6 Å². The van der Waals surface area contributed by atoms with Gasteiger partial charge >= 0.3 is 6.03 Å². The van der Waals surface area contributed by atoms with Crippen molar-refractivity contribution in [1.29, 1.82) is 0 Å². The summed E-state index contributed by atoms with van der Waals surface area (Å²) in [6, 6.07) is 9.82. The molecule has 118 valence electrons. The molecule has 0 saturated carbocycles. The summed E-state index contributed by atoms with van der Waals surface area (Å²) < 4.78 is 2.18. The molecular weight excluding hydrogens is 290 g/mol. The van der Waals surface area contributed by atoms with E-state index in [1.54, 1.807) is 6.08 Å². The van der Waals surface area contributed by atoms with E-state index in [1.807, 2.05) is 32.0 Å². The van der Waals surface area contributed by atoms with Crippen LogP contribution in [0.4, 0.5) is 4.79 Å². The highest BCUT2D eigenvalue weighted by molar-refractivity contribution is 6.14. The standard InChI is InChI=1S/C18H19N3O2/c1-4-13-7-5-6-8-16(13)21-11(2)9-14(12(21)3)10-15-17(22)20-18(23)19-15/h5-10H,4H2,1-3H3,(H2,19,20,22,23)/b15-10-. The van der Waals surface area contributed by atoms with Gasteiger partial charge in [-0.1, -0.05) is 25.1 Å². The molecule has 1 saturated heterocycles. The molecule has 1 aromatic heterocycles. The Labute approximate surface area is 135 Å². The number of aromatic nitrogens is 1. The van der Waals surface area contributed by atoms with Gasteiger partial charge in [0.15, 0.2) is 0 Å². The molecule has 3 rings (SSSR count). The molecule has 0 bridgehead atoms. The third-order valence-electron chi connectivity index (χ3n) is 4.10. The Kier molecular flexibility index (Phi) is 3.78. The van der Waals surface area contributed by atoms with E-state index in [4.69, 9.17) is 0 Å². The fourth-order valence-corrected chi connectivity index (χ4v) is 2.97. The first-order valence-electron chi connectivity index (χ1n) is 7.62. The van der Waals surface area contributed by atoms with Gasteiger partial charge in [0.1, 0.15) is 5.70 Å². The molecule has 0 spiro atoms. The molecule has 2 aromatic rings. The molecule has 0 atom stereocenters. The van der Waals surface area contributed by atoms with Gasteiger partial charge in [0.2, 0.25) is 0 Å². The predicted molar refractivity (Wildman–Crippen MR) is 89.3 cm³/mol. The zero-order chi connectivity index (χ0) is 16.6. The van der Waals surface area contributed by atoms with E-state index in [2.05, 4.69) is 34.3 Å². The molecule has 0 aliphatic carbocycles. The second-order valence-electron chi connectivity index (χ2n) is 5.61. The Morgan fingerprint density at radius 1 is 1.13 bits per heavy atom. The number of nitrogens with one attached hydrogen (secondary N) is 2. The summed E-state index contributed by atoms with van der Waals surface area (Å²) >= 11 is 0. The highest BCUT2D eigenvalue weighted by atomic mass is 16.2. The predicted octanol–water partition coefficient (Wildman–Crippen LogP) is 2.84. The van der Waals surface area contributed by atoms with Crippen molar-refractivity contribution in [2.75, 3.05) is 0 Å². The van der Waals surface area contributed by atoms with Crippen LogP contribution in [0.2, 0.25) is 0 Å². The van der Waals surface area contributed by atoms with E-state index in [0.717, 1.165) is 29.1 Å². The van der Waals surface area contributed by atoms with Crippen LogP contribution in [0, 0.1) is 13.8 Å². The van der Waals surface area contributed by atoms with Gasteiger partial charge in [0, 0.05) is 17.1 Å². The maximum Gasteiger partial charge on any atom is 0.326 e. The van der Waals surface area contributed by atoms with Gasteiger partial charge in [-0.3, -0.25) is 10.1 Å². The molecule has 3 amide bonds. The van der Waals surface area contributed by atoms with Crippen LogP contribution >= 0.6 is 0 Å². The topological polar surface area (TPSA) is 63.1 Å². The van der Waals surface area contributed by atoms with Crippen molar-refractivity contribution in [2.24, 2.45) is 0 Å². The zero-order valence-electron chi connectivity index (χ0n) is 13.4. The van der Waals surface area contributed by atoms with E-state index in [-0.39, 0.29) is 5.70 Å². The van der Waals surface area contributed by atoms with Gasteiger partial charge in [-0.2, -0.15) is 0 Å². The highest BCUT2D eigenvalue weighted by Crippen LogP contribution is 2.25. The fraction of sp³-hybridized carbons (Fsp3) is 0.222. The molecule has 5 heteroatoms. The van der Waals surface area contributed by atoms with E-state index < -0.39 is 11.9 Å². The minimum Gasteiger partial charge on any atom is -0.318 e. The Hall–Kier alpha value is -2.82. The van der Waals surface area contributed by atoms with Gasteiger partial charge in [0.05, 0.1) is 0 Å². The van der Waals surface area contributed by atoms with Gasteiger partial charge in [-0.25, -0.2) is 4.79 Å². The van der Waals surface area contributed by atoms with E-state index in [0.29, 0.717) is 0 Å². The SMILES string of the molecule is CCc1ccccc1-n1c(C)cc(/C=C2\NC(=O)NC2=O)c1C. The van der Waals surface area contributed by atoms with Crippen LogP contribution in [0.15, 0.2) is 36.0 Å². The molecule has 1 aromatic carbocycles. The zero-order valence-corrected chi connectivity index (χ0v) is 13.4. The lowest BCUT2D eigenvalue weighted by Gasteiger charge is -2.14. The van der Waals surface area contributed by atoms with Crippen molar-refractivity contribution in [3.05, 3.63) is 58.5 Å². The van der Waals surface area contributed by atoms with Crippen LogP contribution in [-0.4, -0.2) is 16.5 Å². The second kappa shape index (κ2) is 5.76. The van der Waals surface area contributed by atoms with Gasteiger partial charge in [0.25, 0.3) is 5.91 Å². The van der Waals surface area contributed by atoms with Crippen molar-refractivity contribution in [1.82, 2.24) is 15.2 Å². The average Bonchev–Trinajstić information content (AvgIpc) is 2.98. The molecular formula is C18H19N3O2. The molecule has 0 radical (unpaired) electrons. The molecule has 2 N–H and O–H groups in total. The first-order chi connectivity index (χ1) is 11.0. The first kappa shape index (κ1) is 15.1. The van der Waals surface area contributed by atoms with E-state index in [9.17, 15) is 9.59 Å². The number of urea groups is 1. The summed E-state index contributed by atoms with van der Waals surface area (Å²) in [5.74, 6) is -0.395. The third-order valence-corrected chi connectivity index (χ3v) is 4.10. The highest BCUT2D eigenvalue weighted by Gasteiger charge is 2.23. The Morgan fingerprint density at radius 3 is 2.52 bits per heavy atom. The molecule has 2 heterocycles. The molecule has 23 heavy (non-hydrogen) atoms. The van der Waals surface area contributed by atoms with Crippen LogP contribution in [0.25, 0.3) is 11.8 Å². The number of rotatable bonds is 3. The largest absolute Gasteiger partial charge is 0.326 e. The molecule has 1 fully saturated rings. The Balaban J connectivity index is 2.09. The molecule has 1 aliphatic heterocycles. The second-order valence-corrected chi connectivity index (χ2v) is 5.61. The Bertz CT molecular complexity index is 831. The van der Waals surface area contributed by atoms with Crippen molar-refractivity contribution in [3.8, 4) is 5.69 Å². The van der Waals surface area contributed by atoms with Gasteiger partial charge in [-0.15, -0.1) is 0 Å². The smallest absolute Gasteiger partial charge is 0.318 e. The monoisotopic (exact) mass is 309 g/mol. The summed E-state index contributed by atoms with van der Waals surface area (Å²) in [5, 5.41) is 4.74. The summed E-state index contributed by atoms with van der Waals surface area (Å²) in [6.45, 7) is 6.18. The summed E-state index contributed by atoms with van der Waals surface area (Å²) in [4.78, 5) is 22.9. The van der Waals surface area contributed by atoms with Crippen LogP contribution in [0.3, 0.4) is 0 Å². The maximum absolute atomic E-state index is 11.7. The van der Waals surface area contributed by atoms with Crippen molar-refractivity contribution in [3.63, 3.8) is 0 Å². The lowest BCUT2D eigenvalue weighted by molar-refractivity contribution is -0.115.